The van der Waals surface area contributed by atoms with Gasteiger partial charge in [-0.05, 0) is 30.0 Å². The lowest BCUT2D eigenvalue weighted by molar-refractivity contribution is 1.12. The zero-order chi connectivity index (χ0) is 13.7. The van der Waals surface area contributed by atoms with Gasteiger partial charge in [-0.25, -0.2) is 0 Å². The van der Waals surface area contributed by atoms with Crippen LogP contribution in [0.2, 0.25) is 0 Å². The Morgan fingerprint density at radius 2 is 1.71 bits per heavy atom. The monoisotopic (exact) mass is 232 g/mol. The molecular weight excluding hydrogens is 204 g/mol. The van der Waals surface area contributed by atoms with Crippen molar-refractivity contribution in [2.45, 2.75) is 48.0 Å². The third kappa shape index (κ3) is 6.78. The first-order chi connectivity index (χ1) is 8.29. The predicted octanol–water partition coefficient (Wildman–Crippen LogP) is 5.81. The summed E-state index contributed by atoms with van der Waals surface area (Å²) in [5, 5.41) is 0. The first kappa shape index (κ1) is 18.1. The van der Waals surface area contributed by atoms with Gasteiger partial charge in [0.05, 0.1) is 0 Å². The van der Waals surface area contributed by atoms with Crippen LogP contribution in [0.25, 0.3) is 6.08 Å². The molecule has 0 nitrogen and oxygen atoms in total. The maximum absolute atomic E-state index is 3.67. The van der Waals surface area contributed by atoms with Gasteiger partial charge in [0.25, 0.3) is 0 Å². The number of allylic oxidation sites excluding steroid dienone is 2. The largest absolute Gasteiger partial charge is 0.0991 e. The van der Waals surface area contributed by atoms with Crippen molar-refractivity contribution in [2.75, 3.05) is 0 Å². The summed E-state index contributed by atoms with van der Waals surface area (Å²) in [6.45, 7) is 16.0. The molecule has 0 saturated carbocycles. The van der Waals surface area contributed by atoms with Crippen molar-refractivity contribution < 1.29 is 0 Å². The molecule has 0 N–H and O–H groups in total. The number of benzene rings is 1. The molecule has 0 fully saturated rings. The Balaban J connectivity index is 0. The Hall–Kier alpha value is -1.30. The van der Waals surface area contributed by atoms with Gasteiger partial charge in [-0.3, -0.25) is 0 Å². The second kappa shape index (κ2) is 12.8. The third-order valence-electron chi connectivity index (χ3n) is 2.19. The summed E-state index contributed by atoms with van der Waals surface area (Å²) in [6, 6.07) is 6.43. The van der Waals surface area contributed by atoms with E-state index >= 15 is 0 Å². The maximum atomic E-state index is 3.67. The zero-order valence-electron chi connectivity index (χ0n) is 12.4. The van der Waals surface area contributed by atoms with Crippen LogP contribution in [0.4, 0.5) is 0 Å². The molecule has 0 spiro atoms. The molecule has 0 heterocycles. The minimum Gasteiger partial charge on any atom is -0.0991 e. The summed E-state index contributed by atoms with van der Waals surface area (Å²) >= 11 is 0. The topological polar surface area (TPSA) is 0 Å². The van der Waals surface area contributed by atoms with Gasteiger partial charge in [0.15, 0.2) is 0 Å². The molecule has 0 aliphatic carbocycles. The van der Waals surface area contributed by atoms with E-state index in [1.165, 1.54) is 16.7 Å². The fourth-order valence-electron chi connectivity index (χ4n) is 1.45. The molecule has 0 heteroatoms. The van der Waals surface area contributed by atoms with Crippen molar-refractivity contribution in [1.29, 1.82) is 0 Å². The molecule has 96 valence electrons. The lowest BCUT2D eigenvalue weighted by Crippen LogP contribution is -1.89. The number of hydrogen-bond donors (Lipinski definition) is 0. The van der Waals surface area contributed by atoms with E-state index in [1.807, 2.05) is 39.8 Å². The second-order valence-corrected chi connectivity index (χ2v) is 3.10. The molecule has 0 aliphatic rings. The molecule has 0 aliphatic heterocycles. The van der Waals surface area contributed by atoms with E-state index in [9.17, 15) is 0 Å². The molecule has 17 heavy (non-hydrogen) atoms. The van der Waals surface area contributed by atoms with Crippen LogP contribution in [-0.4, -0.2) is 0 Å². The molecule has 1 aromatic rings. The summed E-state index contributed by atoms with van der Waals surface area (Å²) in [7, 11) is 0. The summed E-state index contributed by atoms with van der Waals surface area (Å²) in [5.41, 5.74) is 4.07. The standard InChI is InChI=1S/C13H16.2C2H6/c1-4-6-10-13-11(3)8-7-9-12(13)5-2;2*1-2/h4,6-10H,1,5H2,2-3H3;2*1-2H3/b10-6-;;. The number of rotatable bonds is 3. The van der Waals surface area contributed by atoms with Crippen LogP contribution in [0.5, 0.6) is 0 Å². The molecule has 0 unspecified atom stereocenters. The van der Waals surface area contributed by atoms with Crippen molar-refractivity contribution >= 4 is 6.08 Å². The lowest BCUT2D eigenvalue weighted by Gasteiger charge is -2.06. The van der Waals surface area contributed by atoms with Gasteiger partial charge in [0.1, 0.15) is 0 Å². The molecule has 0 atom stereocenters. The summed E-state index contributed by atoms with van der Waals surface area (Å²) in [4.78, 5) is 0. The highest BCUT2D eigenvalue weighted by molar-refractivity contribution is 5.58. The van der Waals surface area contributed by atoms with E-state index in [0.717, 1.165) is 6.42 Å². The molecule has 1 rings (SSSR count). The van der Waals surface area contributed by atoms with Gasteiger partial charge in [-0.1, -0.05) is 77.6 Å². The van der Waals surface area contributed by atoms with Gasteiger partial charge in [-0.2, -0.15) is 0 Å². The summed E-state index contributed by atoms with van der Waals surface area (Å²) < 4.78 is 0. The van der Waals surface area contributed by atoms with Crippen LogP contribution in [0.3, 0.4) is 0 Å². The Labute approximate surface area is 108 Å². The summed E-state index contributed by atoms with van der Waals surface area (Å²) in [6.07, 6.45) is 7.01. The molecule has 0 bridgehead atoms. The normalized spacial score (nSPS) is 8.82. The highest BCUT2D eigenvalue weighted by Gasteiger charge is 1.98. The van der Waals surface area contributed by atoms with E-state index in [-0.39, 0.29) is 0 Å². The lowest BCUT2D eigenvalue weighted by atomic mass is 10.00. The quantitative estimate of drug-likeness (QED) is 0.577. The van der Waals surface area contributed by atoms with Crippen LogP contribution < -0.4 is 0 Å². The summed E-state index contributed by atoms with van der Waals surface area (Å²) in [5.74, 6) is 0. The molecular formula is C17H28. The average Bonchev–Trinajstić information content (AvgIpc) is 2.41. The van der Waals surface area contributed by atoms with E-state index < -0.39 is 0 Å². The Morgan fingerprint density at radius 3 is 2.18 bits per heavy atom. The van der Waals surface area contributed by atoms with Crippen molar-refractivity contribution in [2.24, 2.45) is 0 Å². The molecule has 0 amide bonds. The molecule has 0 aromatic heterocycles. The van der Waals surface area contributed by atoms with Gasteiger partial charge >= 0.3 is 0 Å². The van der Waals surface area contributed by atoms with Gasteiger partial charge in [-0.15, -0.1) is 0 Å². The van der Waals surface area contributed by atoms with Crippen LogP contribution >= 0.6 is 0 Å². The molecule has 1 aromatic carbocycles. The van der Waals surface area contributed by atoms with E-state index in [2.05, 4.69) is 44.7 Å². The Kier molecular flexibility index (Phi) is 13.6. The van der Waals surface area contributed by atoms with Gasteiger partial charge < -0.3 is 0 Å². The van der Waals surface area contributed by atoms with Crippen molar-refractivity contribution in [3.8, 4) is 0 Å². The van der Waals surface area contributed by atoms with Crippen molar-refractivity contribution in [3.05, 3.63) is 53.6 Å². The first-order valence-electron chi connectivity index (χ1n) is 6.67. The van der Waals surface area contributed by atoms with Crippen LogP contribution in [0.1, 0.15) is 51.3 Å². The minimum atomic E-state index is 1.08. The molecule has 0 saturated heterocycles. The fraction of sp³-hybridized carbons (Fsp3) is 0.412. The third-order valence-corrected chi connectivity index (χ3v) is 2.19. The van der Waals surface area contributed by atoms with Gasteiger partial charge in [0.2, 0.25) is 0 Å². The molecule has 0 radical (unpaired) electrons. The fourth-order valence-corrected chi connectivity index (χ4v) is 1.45. The Bertz CT molecular complexity index is 319. The number of hydrogen-bond acceptors (Lipinski definition) is 0. The van der Waals surface area contributed by atoms with Crippen molar-refractivity contribution in [1.82, 2.24) is 0 Å². The van der Waals surface area contributed by atoms with Crippen LogP contribution in [0.15, 0.2) is 36.9 Å². The van der Waals surface area contributed by atoms with Crippen molar-refractivity contribution in [3.63, 3.8) is 0 Å². The zero-order valence-corrected chi connectivity index (χ0v) is 12.4. The van der Waals surface area contributed by atoms with Crippen LogP contribution in [-0.2, 0) is 6.42 Å². The maximum Gasteiger partial charge on any atom is -0.0195 e. The number of aryl methyl sites for hydroxylation is 2. The predicted molar refractivity (Wildman–Crippen MR) is 82.5 cm³/mol. The smallest absolute Gasteiger partial charge is 0.0195 e. The highest BCUT2D eigenvalue weighted by atomic mass is 14.0. The first-order valence-corrected chi connectivity index (χ1v) is 6.67. The average molecular weight is 232 g/mol. The highest BCUT2D eigenvalue weighted by Crippen LogP contribution is 2.16. The van der Waals surface area contributed by atoms with E-state index in [4.69, 9.17) is 0 Å². The van der Waals surface area contributed by atoms with E-state index in [1.54, 1.807) is 0 Å². The SMILES string of the molecule is C=C/C=C\c1c(C)cccc1CC.CC.CC. The minimum absolute atomic E-state index is 1.08. The van der Waals surface area contributed by atoms with E-state index in [0.29, 0.717) is 0 Å². The Morgan fingerprint density at radius 1 is 1.12 bits per heavy atom. The van der Waals surface area contributed by atoms with Crippen LogP contribution in [0, 0.1) is 6.92 Å². The van der Waals surface area contributed by atoms with Gasteiger partial charge in [0, 0.05) is 0 Å². The second-order valence-electron chi connectivity index (χ2n) is 3.10.